The van der Waals surface area contributed by atoms with Gasteiger partial charge in [0.2, 0.25) is 0 Å². The number of hydrogen-bond donors (Lipinski definition) is 0. The molecule has 3 rings (SSSR count). The molecule has 2 bridgehead atoms. The van der Waals surface area contributed by atoms with Crippen LogP contribution in [0.4, 0.5) is 4.79 Å². The van der Waals surface area contributed by atoms with E-state index in [0.29, 0.717) is 12.8 Å². The minimum Gasteiger partial charge on any atom is -0.444 e. The van der Waals surface area contributed by atoms with Crippen molar-refractivity contribution in [2.45, 2.75) is 57.7 Å². The minimum atomic E-state index is -0.453. The number of rotatable bonds is 0. The molecule has 2 atom stereocenters. The highest BCUT2D eigenvalue weighted by Crippen LogP contribution is 2.37. The topological polar surface area (TPSA) is 46.6 Å². The fourth-order valence-electron chi connectivity index (χ4n) is 2.29. The van der Waals surface area contributed by atoms with E-state index in [0.717, 1.165) is 6.42 Å². The van der Waals surface area contributed by atoms with Crippen molar-refractivity contribution in [3.63, 3.8) is 0 Å². The van der Waals surface area contributed by atoms with E-state index in [2.05, 4.69) is 0 Å². The molecule has 84 valence electrons. The molecule has 1 amide bonds. The van der Waals surface area contributed by atoms with Crippen molar-refractivity contribution in [3.8, 4) is 0 Å². The third kappa shape index (κ3) is 1.98. The SMILES string of the molecule is CC(C)(C)OC(=O)N1[C@@H]2CC(=O)C[C@H]1C2. The average Bonchev–Trinajstić information content (AvgIpc) is 1.98. The summed E-state index contributed by atoms with van der Waals surface area (Å²) in [5.41, 5.74) is -0.453. The third-order valence-electron chi connectivity index (χ3n) is 2.86. The van der Waals surface area contributed by atoms with Gasteiger partial charge in [0.05, 0.1) is 0 Å². The maximum Gasteiger partial charge on any atom is 0.410 e. The van der Waals surface area contributed by atoms with E-state index in [-0.39, 0.29) is 24.0 Å². The third-order valence-corrected chi connectivity index (χ3v) is 2.86. The molecule has 0 unspecified atom stereocenters. The molecule has 15 heavy (non-hydrogen) atoms. The first-order valence-electron chi connectivity index (χ1n) is 5.40. The number of carbonyl (C=O) groups excluding carboxylic acids is 2. The fourth-order valence-corrected chi connectivity index (χ4v) is 2.29. The van der Waals surface area contributed by atoms with Gasteiger partial charge in [-0.15, -0.1) is 0 Å². The molecule has 0 N–H and O–H groups in total. The standard InChI is InChI=1S/C11H17NO3/c1-11(2,3)15-10(14)12-7-4-8(12)6-9(13)5-7/h7-8H,4-6H2,1-3H3/t7-,8+. The monoisotopic (exact) mass is 211 g/mol. The van der Waals surface area contributed by atoms with Gasteiger partial charge in [-0.25, -0.2) is 4.79 Å². The molecule has 0 aromatic rings. The summed E-state index contributed by atoms with van der Waals surface area (Å²) in [5.74, 6) is 0.274. The minimum absolute atomic E-state index is 0.103. The molecule has 1 saturated carbocycles. The Labute approximate surface area is 89.6 Å². The molecule has 2 heterocycles. The lowest BCUT2D eigenvalue weighted by atomic mass is 9.79. The lowest BCUT2D eigenvalue weighted by Gasteiger charge is -2.51. The molecule has 0 spiro atoms. The molecular weight excluding hydrogens is 194 g/mol. The molecule has 2 aliphatic heterocycles. The van der Waals surface area contributed by atoms with E-state index in [9.17, 15) is 9.59 Å². The summed E-state index contributed by atoms with van der Waals surface area (Å²) in [7, 11) is 0. The Bertz CT molecular complexity index is 291. The first-order chi connectivity index (χ1) is 6.87. The Kier molecular flexibility index (Phi) is 2.24. The summed E-state index contributed by atoms with van der Waals surface area (Å²) in [6.07, 6.45) is 1.72. The van der Waals surface area contributed by atoms with Gasteiger partial charge in [-0.1, -0.05) is 0 Å². The number of hydrogen-bond acceptors (Lipinski definition) is 3. The van der Waals surface area contributed by atoms with E-state index >= 15 is 0 Å². The second-order valence-corrected chi connectivity index (χ2v) is 5.38. The Morgan fingerprint density at radius 2 is 1.87 bits per heavy atom. The predicted octanol–water partition coefficient (Wildman–Crippen LogP) is 1.73. The highest BCUT2D eigenvalue weighted by atomic mass is 16.6. The number of ether oxygens (including phenoxy) is 1. The first kappa shape index (κ1) is 10.5. The van der Waals surface area contributed by atoms with E-state index in [4.69, 9.17) is 4.74 Å². The number of carbonyl (C=O) groups is 2. The fraction of sp³-hybridized carbons (Fsp3) is 0.818. The van der Waals surface area contributed by atoms with Crippen LogP contribution in [-0.4, -0.2) is 34.5 Å². The molecule has 0 radical (unpaired) electrons. The van der Waals surface area contributed by atoms with Gasteiger partial charge in [0, 0.05) is 24.9 Å². The highest BCUT2D eigenvalue weighted by Gasteiger charge is 2.48. The van der Waals surface area contributed by atoms with Crippen LogP contribution in [0, 0.1) is 0 Å². The molecule has 0 aromatic heterocycles. The summed E-state index contributed by atoms with van der Waals surface area (Å²) in [5, 5.41) is 0. The zero-order chi connectivity index (χ0) is 11.2. The number of ketones is 1. The number of amides is 1. The van der Waals surface area contributed by atoms with Gasteiger partial charge in [0.1, 0.15) is 11.4 Å². The summed E-state index contributed by atoms with van der Waals surface area (Å²) >= 11 is 0. The Morgan fingerprint density at radius 3 is 2.33 bits per heavy atom. The largest absolute Gasteiger partial charge is 0.444 e. The second kappa shape index (κ2) is 3.22. The van der Waals surface area contributed by atoms with Gasteiger partial charge >= 0.3 is 6.09 Å². The van der Waals surface area contributed by atoms with Crippen LogP contribution < -0.4 is 0 Å². The van der Waals surface area contributed by atoms with Crippen LogP contribution in [0.5, 0.6) is 0 Å². The van der Waals surface area contributed by atoms with Crippen LogP contribution >= 0.6 is 0 Å². The summed E-state index contributed by atoms with van der Waals surface area (Å²) in [6, 6.07) is 0.206. The maximum atomic E-state index is 11.8. The van der Waals surface area contributed by atoms with Crippen molar-refractivity contribution in [1.29, 1.82) is 0 Å². The van der Waals surface area contributed by atoms with Crippen LogP contribution in [0.3, 0.4) is 0 Å². The number of fused-ring (bicyclic) bond motifs is 2. The number of nitrogens with zero attached hydrogens (tertiary/aromatic N) is 1. The van der Waals surface area contributed by atoms with Crippen molar-refractivity contribution in [1.82, 2.24) is 4.90 Å². The average molecular weight is 211 g/mol. The van der Waals surface area contributed by atoms with Crippen molar-refractivity contribution in [2.75, 3.05) is 0 Å². The van der Waals surface area contributed by atoms with Crippen LogP contribution in [-0.2, 0) is 9.53 Å². The number of Topliss-reactive ketones (excluding diaryl/α,β-unsaturated/α-hetero) is 1. The molecule has 4 heteroatoms. The van der Waals surface area contributed by atoms with Crippen LogP contribution in [0.15, 0.2) is 0 Å². The van der Waals surface area contributed by atoms with Crippen LogP contribution in [0.1, 0.15) is 40.0 Å². The Hall–Kier alpha value is -1.06. The summed E-state index contributed by atoms with van der Waals surface area (Å²) < 4.78 is 5.29. The molecule has 0 aromatic carbocycles. The van der Waals surface area contributed by atoms with Gasteiger partial charge in [-0.05, 0) is 27.2 Å². The van der Waals surface area contributed by atoms with E-state index < -0.39 is 5.60 Å². The van der Waals surface area contributed by atoms with Crippen LogP contribution in [0.25, 0.3) is 0 Å². The molecule has 1 aliphatic carbocycles. The van der Waals surface area contributed by atoms with E-state index in [1.54, 1.807) is 4.90 Å². The molecular formula is C11H17NO3. The van der Waals surface area contributed by atoms with Gasteiger partial charge in [0.15, 0.2) is 0 Å². The van der Waals surface area contributed by atoms with Gasteiger partial charge in [0.25, 0.3) is 0 Å². The quantitative estimate of drug-likeness (QED) is 0.613. The van der Waals surface area contributed by atoms with Gasteiger partial charge < -0.3 is 9.64 Å². The van der Waals surface area contributed by atoms with Crippen molar-refractivity contribution < 1.29 is 14.3 Å². The maximum absolute atomic E-state index is 11.8. The predicted molar refractivity (Wildman–Crippen MR) is 54.5 cm³/mol. The Balaban J connectivity index is 1.96. The lowest BCUT2D eigenvalue weighted by molar-refractivity contribution is -0.132. The van der Waals surface area contributed by atoms with Gasteiger partial charge in [-0.3, -0.25) is 4.79 Å². The normalized spacial score (nSPS) is 29.8. The highest BCUT2D eigenvalue weighted by molar-refractivity contribution is 5.84. The second-order valence-electron chi connectivity index (χ2n) is 5.38. The van der Waals surface area contributed by atoms with E-state index in [1.165, 1.54) is 0 Å². The van der Waals surface area contributed by atoms with Crippen molar-refractivity contribution in [3.05, 3.63) is 0 Å². The Morgan fingerprint density at radius 1 is 1.33 bits per heavy atom. The smallest absolute Gasteiger partial charge is 0.410 e. The van der Waals surface area contributed by atoms with E-state index in [1.807, 2.05) is 20.8 Å². The lowest BCUT2D eigenvalue weighted by Crippen LogP contribution is -2.63. The molecule has 3 aliphatic rings. The van der Waals surface area contributed by atoms with Crippen molar-refractivity contribution in [2.24, 2.45) is 0 Å². The summed E-state index contributed by atoms with van der Waals surface area (Å²) in [4.78, 5) is 24.7. The zero-order valence-corrected chi connectivity index (χ0v) is 9.45. The molecule has 2 saturated heterocycles. The van der Waals surface area contributed by atoms with Crippen molar-refractivity contribution >= 4 is 11.9 Å². The van der Waals surface area contributed by atoms with Gasteiger partial charge in [-0.2, -0.15) is 0 Å². The zero-order valence-electron chi connectivity index (χ0n) is 9.45. The number of piperidine rings is 1. The van der Waals surface area contributed by atoms with Crippen LogP contribution in [0.2, 0.25) is 0 Å². The molecule has 4 nitrogen and oxygen atoms in total. The molecule has 3 fully saturated rings. The summed E-state index contributed by atoms with van der Waals surface area (Å²) in [6.45, 7) is 5.56. The first-order valence-corrected chi connectivity index (χ1v) is 5.40.